The van der Waals surface area contributed by atoms with E-state index in [0.717, 1.165) is 30.1 Å². The van der Waals surface area contributed by atoms with Gasteiger partial charge in [-0.15, -0.1) is 0 Å². The van der Waals surface area contributed by atoms with E-state index in [0.29, 0.717) is 0 Å². The van der Waals surface area contributed by atoms with Crippen molar-refractivity contribution in [2.75, 3.05) is 11.1 Å². The second-order valence-electron chi connectivity index (χ2n) is 6.89. The Labute approximate surface area is 160 Å². The number of furan rings is 1. The third-order valence-corrected chi connectivity index (χ3v) is 6.49. The van der Waals surface area contributed by atoms with Crippen LogP contribution in [0, 0.1) is 6.92 Å². The van der Waals surface area contributed by atoms with Crippen LogP contribution in [0.1, 0.15) is 30.4 Å². The van der Waals surface area contributed by atoms with Crippen molar-refractivity contribution in [1.82, 2.24) is 10.3 Å². The molecule has 1 saturated carbocycles. The molecule has 4 atom stereocenters. The molecule has 1 saturated heterocycles. The van der Waals surface area contributed by atoms with Gasteiger partial charge in [0.1, 0.15) is 29.3 Å². The zero-order chi connectivity index (χ0) is 19.0. The zero-order valence-corrected chi connectivity index (χ0v) is 15.7. The molecule has 0 amide bonds. The van der Waals surface area contributed by atoms with Crippen LogP contribution in [-0.4, -0.2) is 39.6 Å². The summed E-state index contributed by atoms with van der Waals surface area (Å²) >= 11 is 1.85. The average molecular weight is 387 g/mol. The Kier molecular flexibility index (Phi) is 4.92. The van der Waals surface area contributed by atoms with E-state index < -0.39 is 23.7 Å². The molecule has 2 aromatic heterocycles. The van der Waals surface area contributed by atoms with Crippen molar-refractivity contribution in [3.63, 3.8) is 0 Å². The maximum atomic E-state index is 12.3. The SMILES string of the molecule is Cc1ccc(C(NC2C(=O)C(=O)C2Nc2ccc[nH]c2=O)C2CCCS2)o1. The van der Waals surface area contributed by atoms with Crippen molar-refractivity contribution in [3.05, 3.63) is 52.3 Å². The van der Waals surface area contributed by atoms with Gasteiger partial charge in [-0.05, 0) is 49.8 Å². The highest BCUT2D eigenvalue weighted by Gasteiger charge is 2.51. The highest BCUT2D eigenvalue weighted by molar-refractivity contribution is 8.00. The number of aromatic amines is 1. The van der Waals surface area contributed by atoms with Gasteiger partial charge in [0.2, 0.25) is 11.6 Å². The molecular weight excluding hydrogens is 366 g/mol. The molecule has 4 unspecified atom stereocenters. The number of ketones is 2. The quantitative estimate of drug-likeness (QED) is 0.649. The Morgan fingerprint density at radius 2 is 2.00 bits per heavy atom. The summed E-state index contributed by atoms with van der Waals surface area (Å²) in [5.41, 5.74) is -0.0521. The molecule has 1 aliphatic heterocycles. The van der Waals surface area contributed by atoms with Crippen molar-refractivity contribution in [1.29, 1.82) is 0 Å². The molecule has 27 heavy (non-hydrogen) atoms. The number of Topliss-reactive ketones (excluding diaryl/α,β-unsaturated/α-hetero) is 2. The highest BCUT2D eigenvalue weighted by atomic mass is 32.2. The van der Waals surface area contributed by atoms with Crippen molar-refractivity contribution >= 4 is 29.0 Å². The first-order valence-electron chi connectivity index (χ1n) is 9.01. The van der Waals surface area contributed by atoms with E-state index in [1.165, 1.54) is 6.20 Å². The van der Waals surface area contributed by atoms with E-state index in [1.807, 2.05) is 30.8 Å². The summed E-state index contributed by atoms with van der Waals surface area (Å²) < 4.78 is 5.81. The summed E-state index contributed by atoms with van der Waals surface area (Å²) in [6.07, 6.45) is 3.66. The van der Waals surface area contributed by atoms with E-state index in [4.69, 9.17) is 4.42 Å². The smallest absolute Gasteiger partial charge is 0.271 e. The predicted molar refractivity (Wildman–Crippen MR) is 103 cm³/mol. The van der Waals surface area contributed by atoms with Crippen LogP contribution in [0.5, 0.6) is 0 Å². The molecule has 3 N–H and O–H groups in total. The molecule has 0 aromatic carbocycles. The normalized spacial score (nSPS) is 26.0. The van der Waals surface area contributed by atoms with E-state index in [-0.39, 0.29) is 22.5 Å². The molecule has 8 heteroatoms. The third-order valence-electron chi connectivity index (χ3n) is 5.03. The van der Waals surface area contributed by atoms with Gasteiger partial charge in [0.05, 0.1) is 6.04 Å². The van der Waals surface area contributed by atoms with Crippen LogP contribution >= 0.6 is 11.8 Å². The van der Waals surface area contributed by atoms with Crippen LogP contribution < -0.4 is 16.2 Å². The third kappa shape index (κ3) is 3.46. The minimum atomic E-state index is -0.758. The van der Waals surface area contributed by atoms with Gasteiger partial charge in [0, 0.05) is 11.4 Å². The summed E-state index contributed by atoms with van der Waals surface area (Å²) in [5.74, 6) is 1.68. The predicted octanol–water partition coefficient (Wildman–Crippen LogP) is 1.80. The molecule has 0 radical (unpaired) electrons. The first-order chi connectivity index (χ1) is 13.0. The molecule has 0 spiro atoms. The van der Waals surface area contributed by atoms with Gasteiger partial charge in [-0.1, -0.05) is 0 Å². The second kappa shape index (κ2) is 7.36. The monoisotopic (exact) mass is 387 g/mol. The Hall–Kier alpha value is -2.32. The fourth-order valence-corrected chi connectivity index (χ4v) is 4.96. The first kappa shape index (κ1) is 18.1. The Bertz CT molecular complexity index is 915. The van der Waals surface area contributed by atoms with E-state index in [1.54, 1.807) is 12.1 Å². The van der Waals surface area contributed by atoms with E-state index in [9.17, 15) is 14.4 Å². The molecule has 1 aliphatic carbocycles. The minimum Gasteiger partial charge on any atom is -0.465 e. The number of hydrogen-bond acceptors (Lipinski definition) is 7. The maximum Gasteiger partial charge on any atom is 0.271 e. The summed E-state index contributed by atoms with van der Waals surface area (Å²) in [5, 5.41) is 6.53. The van der Waals surface area contributed by atoms with Crippen molar-refractivity contribution in [2.24, 2.45) is 0 Å². The van der Waals surface area contributed by atoms with Crippen LogP contribution in [0.3, 0.4) is 0 Å². The number of H-pyrrole nitrogens is 1. The van der Waals surface area contributed by atoms with Crippen LogP contribution in [0.25, 0.3) is 0 Å². The van der Waals surface area contributed by atoms with Crippen LogP contribution in [0.15, 0.2) is 39.7 Å². The number of pyridine rings is 1. The number of nitrogens with one attached hydrogen (secondary N) is 3. The standard InChI is InChI=1S/C19H21N3O4S/c1-10-6-7-12(26-10)14(13-5-3-9-27-13)22-16-15(17(23)18(16)24)21-11-4-2-8-20-19(11)25/h2,4,6-8,13-16,21-22H,3,5,9H2,1H3,(H,20,25). The minimum absolute atomic E-state index is 0.161. The molecule has 2 fully saturated rings. The molecule has 7 nitrogen and oxygen atoms in total. The number of carbonyl (C=O) groups excluding carboxylic acids is 2. The van der Waals surface area contributed by atoms with Gasteiger partial charge in [-0.2, -0.15) is 11.8 Å². The van der Waals surface area contributed by atoms with E-state index in [2.05, 4.69) is 15.6 Å². The maximum absolute atomic E-state index is 12.3. The van der Waals surface area contributed by atoms with Crippen molar-refractivity contribution in [3.8, 4) is 0 Å². The number of rotatable bonds is 6. The van der Waals surface area contributed by atoms with Crippen LogP contribution in [0.4, 0.5) is 5.69 Å². The lowest BCUT2D eigenvalue weighted by Gasteiger charge is -2.38. The number of thioether (sulfide) groups is 1. The molecule has 3 heterocycles. The summed E-state index contributed by atoms with van der Waals surface area (Å²) in [6.45, 7) is 1.88. The van der Waals surface area contributed by atoms with Gasteiger partial charge < -0.3 is 14.7 Å². The Balaban J connectivity index is 1.55. The molecule has 2 aliphatic rings. The van der Waals surface area contributed by atoms with Crippen LogP contribution in [0.2, 0.25) is 0 Å². The summed E-state index contributed by atoms with van der Waals surface area (Å²) in [6, 6.07) is 5.47. The lowest BCUT2D eigenvalue weighted by atomic mass is 9.82. The van der Waals surface area contributed by atoms with Gasteiger partial charge >= 0.3 is 0 Å². The number of aromatic nitrogens is 1. The number of hydrogen-bond donors (Lipinski definition) is 3. The second-order valence-corrected chi connectivity index (χ2v) is 8.23. The van der Waals surface area contributed by atoms with Gasteiger partial charge in [-0.25, -0.2) is 0 Å². The molecule has 0 bridgehead atoms. The molecular formula is C19H21N3O4S. The molecule has 4 rings (SSSR count). The lowest BCUT2D eigenvalue weighted by Crippen LogP contribution is -2.68. The van der Waals surface area contributed by atoms with Crippen molar-refractivity contribution in [2.45, 2.75) is 43.1 Å². The average Bonchev–Trinajstić information content (AvgIpc) is 3.34. The number of anilines is 1. The Morgan fingerprint density at radius 3 is 2.67 bits per heavy atom. The van der Waals surface area contributed by atoms with Gasteiger partial charge in [-0.3, -0.25) is 19.7 Å². The Morgan fingerprint density at radius 1 is 1.19 bits per heavy atom. The van der Waals surface area contributed by atoms with Gasteiger partial charge in [0.15, 0.2) is 0 Å². The fraction of sp³-hybridized carbons (Fsp3) is 0.421. The molecule has 142 valence electrons. The van der Waals surface area contributed by atoms with Crippen molar-refractivity contribution < 1.29 is 14.0 Å². The summed E-state index contributed by atoms with van der Waals surface area (Å²) in [4.78, 5) is 38.8. The van der Waals surface area contributed by atoms with E-state index >= 15 is 0 Å². The number of aryl methyl sites for hydroxylation is 1. The highest BCUT2D eigenvalue weighted by Crippen LogP contribution is 2.37. The largest absolute Gasteiger partial charge is 0.465 e. The molecule has 2 aromatic rings. The first-order valence-corrected chi connectivity index (χ1v) is 10.1. The summed E-state index contributed by atoms with van der Waals surface area (Å²) in [7, 11) is 0. The lowest BCUT2D eigenvalue weighted by molar-refractivity contribution is -0.145. The van der Waals surface area contributed by atoms with Crippen LogP contribution in [-0.2, 0) is 9.59 Å². The number of carbonyl (C=O) groups is 2. The topological polar surface area (TPSA) is 104 Å². The fourth-order valence-electron chi connectivity index (χ4n) is 3.59. The zero-order valence-electron chi connectivity index (χ0n) is 14.9. The van der Waals surface area contributed by atoms with Gasteiger partial charge in [0.25, 0.3) is 5.56 Å².